The zero-order valence-electron chi connectivity index (χ0n) is 15.5. The summed E-state index contributed by atoms with van der Waals surface area (Å²) in [7, 11) is -3.46. The zero-order valence-corrected chi connectivity index (χ0v) is 17.1. The van der Waals surface area contributed by atoms with Crippen molar-refractivity contribution in [1.82, 2.24) is 9.21 Å². The Balaban J connectivity index is 1.72. The molecule has 1 fully saturated rings. The number of halogens is 1. The second-order valence-electron chi connectivity index (χ2n) is 7.00. The normalized spacial score (nSPS) is 16.8. The Kier molecular flexibility index (Phi) is 5.72. The van der Waals surface area contributed by atoms with Crippen LogP contribution in [0.4, 0.5) is 0 Å². The summed E-state index contributed by atoms with van der Waals surface area (Å²) in [6.45, 7) is 8.89. The van der Waals surface area contributed by atoms with Crippen LogP contribution in [0.1, 0.15) is 22.3 Å². The molecule has 0 radical (unpaired) electrons. The minimum atomic E-state index is -3.46. The average Bonchev–Trinajstić information content (AvgIpc) is 2.56. The van der Waals surface area contributed by atoms with Gasteiger partial charge in [0.15, 0.2) is 0 Å². The Hall–Kier alpha value is -1.40. The fourth-order valence-corrected chi connectivity index (χ4v) is 5.73. The summed E-state index contributed by atoms with van der Waals surface area (Å²) in [6, 6.07) is 11.7. The lowest BCUT2D eigenvalue weighted by Gasteiger charge is -2.34. The molecule has 0 spiro atoms. The first-order chi connectivity index (χ1) is 12.3. The van der Waals surface area contributed by atoms with Crippen LogP contribution in [0.2, 0.25) is 5.02 Å². The standard InChI is InChI=1S/C20H25ClN2O2S/c1-15-12-16(2)20(17(3)13-15)26(24,25)23-10-8-22(9-11-23)14-18-6-4-5-7-19(18)21/h4-7,12-13H,8-11,14H2,1-3H3. The summed E-state index contributed by atoms with van der Waals surface area (Å²) in [5, 5.41) is 0.758. The van der Waals surface area contributed by atoms with Gasteiger partial charge in [0.1, 0.15) is 0 Å². The highest BCUT2D eigenvalue weighted by molar-refractivity contribution is 7.89. The molecule has 0 aliphatic carbocycles. The molecule has 1 heterocycles. The van der Waals surface area contributed by atoms with E-state index in [9.17, 15) is 8.42 Å². The summed E-state index contributed by atoms with van der Waals surface area (Å²) in [5.74, 6) is 0. The van der Waals surface area contributed by atoms with Crippen molar-refractivity contribution in [2.75, 3.05) is 26.2 Å². The minimum absolute atomic E-state index is 0.461. The van der Waals surface area contributed by atoms with Gasteiger partial charge in [0.2, 0.25) is 10.0 Å². The highest BCUT2D eigenvalue weighted by Gasteiger charge is 2.30. The van der Waals surface area contributed by atoms with Crippen LogP contribution in [-0.2, 0) is 16.6 Å². The van der Waals surface area contributed by atoms with Gasteiger partial charge < -0.3 is 0 Å². The Labute approximate surface area is 161 Å². The van der Waals surface area contributed by atoms with Crippen molar-refractivity contribution in [3.8, 4) is 0 Å². The number of benzene rings is 2. The molecule has 4 nitrogen and oxygen atoms in total. The number of rotatable bonds is 4. The molecule has 0 N–H and O–H groups in total. The molecule has 3 rings (SSSR count). The maximum Gasteiger partial charge on any atom is 0.243 e. The zero-order chi connectivity index (χ0) is 18.9. The maximum absolute atomic E-state index is 13.1. The lowest BCUT2D eigenvalue weighted by atomic mass is 10.1. The van der Waals surface area contributed by atoms with Crippen molar-refractivity contribution >= 4 is 21.6 Å². The summed E-state index contributed by atoms with van der Waals surface area (Å²) in [4.78, 5) is 2.71. The summed E-state index contributed by atoms with van der Waals surface area (Å²) >= 11 is 6.24. The van der Waals surface area contributed by atoms with Crippen LogP contribution in [0, 0.1) is 20.8 Å². The van der Waals surface area contributed by atoms with Crippen LogP contribution >= 0.6 is 11.6 Å². The van der Waals surface area contributed by atoms with Crippen LogP contribution < -0.4 is 0 Å². The Morgan fingerprint density at radius 3 is 2.12 bits per heavy atom. The Morgan fingerprint density at radius 1 is 0.962 bits per heavy atom. The first-order valence-electron chi connectivity index (χ1n) is 8.83. The molecule has 0 aromatic heterocycles. The van der Waals surface area contributed by atoms with E-state index in [-0.39, 0.29) is 0 Å². The Bertz CT molecular complexity index is 881. The third-order valence-electron chi connectivity index (χ3n) is 4.89. The highest BCUT2D eigenvalue weighted by atomic mass is 35.5. The largest absolute Gasteiger partial charge is 0.296 e. The SMILES string of the molecule is Cc1cc(C)c(S(=O)(=O)N2CCN(Cc3ccccc3Cl)CC2)c(C)c1. The van der Waals surface area contributed by atoms with E-state index in [0.29, 0.717) is 31.1 Å². The van der Waals surface area contributed by atoms with E-state index in [0.717, 1.165) is 33.8 Å². The summed E-state index contributed by atoms with van der Waals surface area (Å²) < 4.78 is 27.9. The number of nitrogens with zero attached hydrogens (tertiary/aromatic N) is 2. The van der Waals surface area contributed by atoms with Gasteiger partial charge in [0.05, 0.1) is 4.90 Å². The van der Waals surface area contributed by atoms with E-state index >= 15 is 0 Å². The smallest absolute Gasteiger partial charge is 0.243 e. The van der Waals surface area contributed by atoms with Crippen LogP contribution in [0.3, 0.4) is 0 Å². The van der Waals surface area contributed by atoms with Crippen LogP contribution in [0.25, 0.3) is 0 Å². The van der Waals surface area contributed by atoms with E-state index in [1.807, 2.05) is 57.2 Å². The molecule has 0 unspecified atom stereocenters. The molecule has 0 saturated carbocycles. The van der Waals surface area contributed by atoms with E-state index < -0.39 is 10.0 Å². The molecule has 26 heavy (non-hydrogen) atoms. The lowest BCUT2D eigenvalue weighted by molar-refractivity contribution is 0.181. The molecule has 2 aromatic rings. The molecule has 1 saturated heterocycles. The number of piperazine rings is 1. The van der Waals surface area contributed by atoms with Crippen molar-refractivity contribution in [3.05, 3.63) is 63.7 Å². The Morgan fingerprint density at radius 2 is 1.54 bits per heavy atom. The van der Waals surface area contributed by atoms with Gasteiger partial charge in [-0.2, -0.15) is 4.31 Å². The third-order valence-corrected chi connectivity index (χ3v) is 7.46. The van der Waals surface area contributed by atoms with Crippen molar-refractivity contribution in [2.24, 2.45) is 0 Å². The van der Waals surface area contributed by atoms with Gasteiger partial charge >= 0.3 is 0 Å². The fourth-order valence-electron chi connectivity index (χ4n) is 3.70. The molecule has 0 amide bonds. The van der Waals surface area contributed by atoms with E-state index in [1.165, 1.54) is 0 Å². The number of hydrogen-bond acceptors (Lipinski definition) is 3. The quantitative estimate of drug-likeness (QED) is 0.795. The monoisotopic (exact) mass is 392 g/mol. The molecule has 2 aromatic carbocycles. The van der Waals surface area contributed by atoms with Gasteiger partial charge in [-0.3, -0.25) is 4.90 Å². The maximum atomic E-state index is 13.1. The summed E-state index contributed by atoms with van der Waals surface area (Å²) in [6.07, 6.45) is 0. The highest BCUT2D eigenvalue weighted by Crippen LogP contribution is 2.26. The van der Waals surface area contributed by atoms with Gasteiger partial charge in [0.25, 0.3) is 0 Å². The first kappa shape index (κ1) is 19.4. The molecular weight excluding hydrogens is 368 g/mol. The second-order valence-corrected chi connectivity index (χ2v) is 9.28. The van der Waals surface area contributed by atoms with Crippen LogP contribution in [0.5, 0.6) is 0 Å². The number of aryl methyl sites for hydroxylation is 3. The number of hydrogen-bond donors (Lipinski definition) is 0. The second kappa shape index (κ2) is 7.69. The van der Waals surface area contributed by atoms with Gasteiger partial charge in [-0.25, -0.2) is 8.42 Å². The molecule has 6 heteroatoms. The average molecular weight is 393 g/mol. The molecular formula is C20H25ClN2O2S. The van der Waals surface area contributed by atoms with Crippen molar-refractivity contribution < 1.29 is 8.42 Å². The van der Waals surface area contributed by atoms with Gasteiger partial charge in [-0.1, -0.05) is 47.5 Å². The van der Waals surface area contributed by atoms with Crippen molar-refractivity contribution in [1.29, 1.82) is 0 Å². The summed E-state index contributed by atoms with van der Waals surface area (Å²) in [5.41, 5.74) is 3.81. The van der Waals surface area contributed by atoms with E-state index in [1.54, 1.807) is 4.31 Å². The fraction of sp³-hybridized carbons (Fsp3) is 0.400. The predicted molar refractivity (Wildman–Crippen MR) is 106 cm³/mol. The van der Waals surface area contributed by atoms with Crippen molar-refractivity contribution in [3.63, 3.8) is 0 Å². The van der Waals surface area contributed by atoms with Gasteiger partial charge in [-0.05, 0) is 43.5 Å². The van der Waals surface area contributed by atoms with Gasteiger partial charge in [-0.15, -0.1) is 0 Å². The third kappa shape index (κ3) is 3.96. The number of sulfonamides is 1. The van der Waals surface area contributed by atoms with Crippen molar-refractivity contribution in [2.45, 2.75) is 32.2 Å². The molecule has 140 valence electrons. The van der Waals surface area contributed by atoms with E-state index in [2.05, 4.69) is 4.90 Å². The van der Waals surface area contributed by atoms with Gasteiger partial charge in [0, 0.05) is 37.7 Å². The van der Waals surface area contributed by atoms with E-state index in [4.69, 9.17) is 11.6 Å². The van der Waals surface area contributed by atoms with Crippen LogP contribution in [0.15, 0.2) is 41.3 Å². The van der Waals surface area contributed by atoms with Crippen LogP contribution in [-0.4, -0.2) is 43.8 Å². The predicted octanol–water partition coefficient (Wildman–Crippen LogP) is 3.77. The molecule has 0 atom stereocenters. The minimum Gasteiger partial charge on any atom is -0.296 e. The topological polar surface area (TPSA) is 40.6 Å². The molecule has 1 aliphatic rings. The first-order valence-corrected chi connectivity index (χ1v) is 10.6. The lowest BCUT2D eigenvalue weighted by Crippen LogP contribution is -2.48. The molecule has 0 bridgehead atoms. The molecule has 1 aliphatic heterocycles.